The number of carboxylic acid groups (broad SMARTS) is 1. The molecule has 0 unspecified atom stereocenters. The van der Waals surface area contributed by atoms with Crippen molar-refractivity contribution in [1.29, 1.82) is 0 Å². The van der Waals surface area contributed by atoms with Crippen LogP contribution in [0.1, 0.15) is 0 Å². The molecule has 0 aliphatic carbocycles. The van der Waals surface area contributed by atoms with Gasteiger partial charge in [0.15, 0.2) is 0 Å². The maximum absolute atomic E-state index is 10.2. The molecule has 1 aliphatic rings. The summed E-state index contributed by atoms with van der Waals surface area (Å²) in [5, 5.41) is 8.37. The summed E-state index contributed by atoms with van der Waals surface area (Å²) in [6, 6.07) is 0. The summed E-state index contributed by atoms with van der Waals surface area (Å²) >= 11 is 0. The lowest BCUT2D eigenvalue weighted by atomic mass is 10.6. The molecular weight excluding hydrogens is 308 g/mol. The minimum absolute atomic E-state index is 0.0842. The Morgan fingerprint density at radius 2 is 1.68 bits per heavy atom. The first-order valence-corrected chi connectivity index (χ1v) is 7.12. The SMILES string of the molecule is CN1C=CN(CC(=O)O)C1.O=S(=O)(O)OS(=O)(=O)O. The summed E-state index contributed by atoms with van der Waals surface area (Å²) in [5.74, 6) is -0.792. The minimum Gasteiger partial charge on any atom is -0.480 e. The van der Waals surface area contributed by atoms with Gasteiger partial charge in [0.05, 0.1) is 6.67 Å². The molecule has 13 heteroatoms. The highest BCUT2D eigenvalue weighted by molar-refractivity contribution is 7.94. The molecule has 0 saturated heterocycles. The van der Waals surface area contributed by atoms with Crippen molar-refractivity contribution in [1.82, 2.24) is 9.80 Å². The van der Waals surface area contributed by atoms with Gasteiger partial charge >= 0.3 is 26.8 Å². The van der Waals surface area contributed by atoms with Crippen LogP contribution in [0.15, 0.2) is 12.4 Å². The van der Waals surface area contributed by atoms with E-state index in [0.717, 1.165) is 0 Å². The molecule has 11 nitrogen and oxygen atoms in total. The molecule has 0 saturated carbocycles. The van der Waals surface area contributed by atoms with Gasteiger partial charge in [-0.25, -0.2) is 0 Å². The molecule has 0 fully saturated rings. The summed E-state index contributed by atoms with van der Waals surface area (Å²) in [6.45, 7) is 0.757. The van der Waals surface area contributed by atoms with Crippen molar-refractivity contribution in [2.75, 3.05) is 20.3 Å². The van der Waals surface area contributed by atoms with E-state index in [9.17, 15) is 21.6 Å². The van der Waals surface area contributed by atoms with Crippen LogP contribution >= 0.6 is 0 Å². The Balaban J connectivity index is 0.000000344. The highest BCUT2D eigenvalue weighted by atomic mass is 32.3. The van der Waals surface area contributed by atoms with Crippen molar-refractivity contribution in [2.24, 2.45) is 0 Å². The summed E-state index contributed by atoms with van der Waals surface area (Å²) in [7, 11) is -8.34. The van der Waals surface area contributed by atoms with Crippen LogP contribution in [-0.2, 0) is 29.2 Å². The number of carboxylic acids is 1. The second kappa shape index (κ2) is 6.67. The first-order chi connectivity index (χ1) is 8.39. The Bertz CT molecular complexity index is 507. The Labute approximate surface area is 109 Å². The first kappa shape index (κ1) is 17.6. The van der Waals surface area contributed by atoms with Gasteiger partial charge in [-0.05, 0) is 0 Å². The molecule has 1 aliphatic heterocycles. The van der Waals surface area contributed by atoms with E-state index in [0.29, 0.717) is 6.67 Å². The third-order valence-electron chi connectivity index (χ3n) is 1.45. The zero-order valence-corrected chi connectivity index (χ0v) is 11.2. The van der Waals surface area contributed by atoms with E-state index in [1.807, 2.05) is 18.1 Å². The molecule has 19 heavy (non-hydrogen) atoms. The number of nitrogens with zero attached hydrogens (tertiary/aromatic N) is 2. The third-order valence-corrected chi connectivity index (χ3v) is 2.82. The summed E-state index contributed by atoms with van der Waals surface area (Å²) in [4.78, 5) is 13.8. The van der Waals surface area contributed by atoms with Crippen LogP contribution in [0.2, 0.25) is 0 Å². The third kappa shape index (κ3) is 11.4. The number of hydrogen-bond acceptors (Lipinski definition) is 8. The van der Waals surface area contributed by atoms with Crippen LogP contribution in [0.4, 0.5) is 0 Å². The Kier molecular flexibility index (Phi) is 6.17. The molecule has 0 spiro atoms. The fraction of sp³-hybridized carbons (Fsp3) is 0.500. The van der Waals surface area contributed by atoms with Crippen molar-refractivity contribution in [2.45, 2.75) is 0 Å². The number of rotatable bonds is 4. The van der Waals surface area contributed by atoms with Gasteiger partial charge in [-0.2, -0.15) is 16.8 Å². The molecule has 0 amide bonds. The lowest BCUT2D eigenvalue weighted by Crippen LogP contribution is -2.27. The average molecular weight is 320 g/mol. The Hall–Kier alpha value is -1.41. The van der Waals surface area contributed by atoms with E-state index < -0.39 is 26.8 Å². The average Bonchev–Trinajstić information content (AvgIpc) is 2.43. The quantitative estimate of drug-likeness (QED) is 0.509. The second-order valence-corrected chi connectivity index (χ2v) is 5.52. The van der Waals surface area contributed by atoms with Gasteiger partial charge in [0.2, 0.25) is 0 Å². The first-order valence-electron chi connectivity index (χ1n) is 4.39. The fourth-order valence-electron chi connectivity index (χ4n) is 0.974. The van der Waals surface area contributed by atoms with E-state index in [2.05, 4.69) is 3.63 Å². The molecule has 0 bridgehead atoms. The van der Waals surface area contributed by atoms with Crippen LogP contribution in [0.25, 0.3) is 0 Å². The number of aliphatic carboxylic acids is 1. The molecule has 0 aromatic carbocycles. The highest BCUT2D eigenvalue weighted by Gasteiger charge is 2.15. The van der Waals surface area contributed by atoms with Gasteiger partial charge in [0.25, 0.3) is 0 Å². The van der Waals surface area contributed by atoms with Gasteiger partial charge in [-0.3, -0.25) is 13.9 Å². The molecule has 0 atom stereocenters. The number of hydrogen-bond donors (Lipinski definition) is 3. The van der Waals surface area contributed by atoms with Gasteiger partial charge in [-0.1, -0.05) is 0 Å². The maximum Gasteiger partial charge on any atom is 0.413 e. The minimum atomic E-state index is -5.12. The van der Waals surface area contributed by atoms with Crippen LogP contribution in [0.5, 0.6) is 0 Å². The van der Waals surface area contributed by atoms with E-state index in [-0.39, 0.29) is 6.54 Å². The van der Waals surface area contributed by atoms with E-state index >= 15 is 0 Å². The van der Waals surface area contributed by atoms with Gasteiger partial charge in [-0.15, -0.1) is 3.63 Å². The van der Waals surface area contributed by atoms with Crippen LogP contribution < -0.4 is 0 Å². The maximum atomic E-state index is 10.2. The van der Waals surface area contributed by atoms with Gasteiger partial charge in [0, 0.05) is 19.4 Å². The molecule has 3 N–H and O–H groups in total. The highest BCUT2D eigenvalue weighted by Crippen LogP contribution is 2.01. The molecular formula is C6H12N2O9S2. The van der Waals surface area contributed by atoms with Crippen LogP contribution in [-0.4, -0.2) is 67.1 Å². The Morgan fingerprint density at radius 1 is 1.21 bits per heavy atom. The van der Waals surface area contributed by atoms with Gasteiger partial charge < -0.3 is 14.9 Å². The monoisotopic (exact) mass is 320 g/mol. The summed E-state index contributed by atoms with van der Waals surface area (Å²) in [5.41, 5.74) is 0. The Morgan fingerprint density at radius 3 is 1.89 bits per heavy atom. The molecule has 1 rings (SSSR count). The molecule has 0 aromatic heterocycles. The molecule has 1 heterocycles. The van der Waals surface area contributed by atoms with E-state index in [1.54, 1.807) is 11.1 Å². The van der Waals surface area contributed by atoms with E-state index in [4.69, 9.17) is 14.2 Å². The predicted octanol–water partition coefficient (Wildman–Crippen LogP) is -1.64. The predicted molar refractivity (Wildman–Crippen MR) is 60.3 cm³/mol. The molecule has 0 radical (unpaired) electrons. The van der Waals surface area contributed by atoms with Crippen LogP contribution in [0.3, 0.4) is 0 Å². The molecule has 0 aromatic rings. The van der Waals surface area contributed by atoms with Crippen molar-refractivity contribution in [3.05, 3.63) is 12.4 Å². The second-order valence-electron chi connectivity index (χ2n) is 3.26. The summed E-state index contributed by atoms with van der Waals surface area (Å²) in [6.07, 6.45) is 3.62. The van der Waals surface area contributed by atoms with Crippen molar-refractivity contribution in [3.63, 3.8) is 0 Å². The van der Waals surface area contributed by atoms with Gasteiger partial charge in [0.1, 0.15) is 6.54 Å². The lowest BCUT2D eigenvalue weighted by molar-refractivity contribution is -0.137. The summed E-state index contributed by atoms with van der Waals surface area (Å²) < 4.78 is 55.6. The van der Waals surface area contributed by atoms with Crippen molar-refractivity contribution < 1.29 is 39.5 Å². The van der Waals surface area contributed by atoms with E-state index in [1.165, 1.54) is 0 Å². The lowest BCUT2D eigenvalue weighted by Gasteiger charge is -2.14. The zero-order chi connectivity index (χ0) is 15.3. The normalized spacial score (nSPS) is 15.1. The fourth-order valence-corrected chi connectivity index (χ4v) is 1.84. The van der Waals surface area contributed by atoms with Crippen LogP contribution in [0, 0.1) is 0 Å². The van der Waals surface area contributed by atoms with Crippen molar-refractivity contribution in [3.8, 4) is 0 Å². The van der Waals surface area contributed by atoms with Crippen molar-refractivity contribution >= 4 is 26.8 Å². The smallest absolute Gasteiger partial charge is 0.413 e. The standard InChI is InChI=1S/C6H10N2O2.H2O7S2/c1-7-2-3-8(5-7)4-6(9)10;1-8(2,3)7-9(4,5)6/h2-3H,4-5H2,1H3,(H,9,10);(H,1,2,3)(H,4,5,6). The zero-order valence-electron chi connectivity index (χ0n) is 9.57. The largest absolute Gasteiger partial charge is 0.480 e. The number of carbonyl (C=O) groups is 1. The topological polar surface area (TPSA) is 162 Å². The molecule has 112 valence electrons.